The van der Waals surface area contributed by atoms with E-state index in [4.69, 9.17) is 0 Å². The summed E-state index contributed by atoms with van der Waals surface area (Å²) in [5, 5.41) is 21.3. The SMILES string of the molecule is CCN(CC)C(=O)CSc1nnnn1-c1ccc(O)cc1. The van der Waals surface area contributed by atoms with Crippen molar-refractivity contribution >= 4 is 17.7 Å². The van der Waals surface area contributed by atoms with Crippen LogP contribution in [0.3, 0.4) is 0 Å². The lowest BCUT2D eigenvalue weighted by Gasteiger charge is -2.17. The third kappa shape index (κ3) is 3.72. The van der Waals surface area contributed by atoms with Gasteiger partial charge in [-0.05, 0) is 48.5 Å². The lowest BCUT2D eigenvalue weighted by atomic mass is 10.3. The second-order valence-electron chi connectivity index (χ2n) is 4.24. The zero-order chi connectivity index (χ0) is 15.2. The molecule has 0 radical (unpaired) electrons. The van der Waals surface area contributed by atoms with Crippen LogP contribution in [-0.2, 0) is 4.79 Å². The van der Waals surface area contributed by atoms with Crippen LogP contribution >= 0.6 is 11.8 Å². The third-order valence-electron chi connectivity index (χ3n) is 2.98. The van der Waals surface area contributed by atoms with Gasteiger partial charge in [0.2, 0.25) is 11.1 Å². The predicted octanol–water partition coefficient (Wildman–Crippen LogP) is 1.33. The first-order chi connectivity index (χ1) is 10.2. The van der Waals surface area contributed by atoms with Gasteiger partial charge < -0.3 is 10.0 Å². The molecule has 0 saturated heterocycles. The molecule has 0 bridgehead atoms. The topological polar surface area (TPSA) is 84.1 Å². The molecule has 0 aliphatic rings. The average molecular weight is 307 g/mol. The van der Waals surface area contributed by atoms with Crippen molar-refractivity contribution in [3.63, 3.8) is 0 Å². The molecule has 1 heterocycles. The molecule has 7 nitrogen and oxygen atoms in total. The minimum Gasteiger partial charge on any atom is -0.508 e. The fourth-order valence-electron chi connectivity index (χ4n) is 1.82. The molecule has 1 N–H and O–H groups in total. The largest absolute Gasteiger partial charge is 0.508 e. The van der Waals surface area contributed by atoms with E-state index in [1.54, 1.807) is 33.8 Å². The molecular weight excluding hydrogens is 290 g/mol. The summed E-state index contributed by atoms with van der Waals surface area (Å²) in [6, 6.07) is 6.54. The van der Waals surface area contributed by atoms with Crippen LogP contribution in [0.5, 0.6) is 5.75 Å². The van der Waals surface area contributed by atoms with Gasteiger partial charge in [0, 0.05) is 13.1 Å². The second kappa shape index (κ2) is 7.07. The van der Waals surface area contributed by atoms with Gasteiger partial charge in [-0.3, -0.25) is 4.79 Å². The Morgan fingerprint density at radius 1 is 1.29 bits per heavy atom. The quantitative estimate of drug-likeness (QED) is 0.811. The molecule has 0 saturated carbocycles. The standard InChI is InChI=1S/C13H17N5O2S/c1-3-17(4-2)12(20)9-21-13-14-15-16-18(13)10-5-7-11(19)8-6-10/h5-8,19H,3-4,9H2,1-2H3. The lowest BCUT2D eigenvalue weighted by molar-refractivity contribution is -0.127. The summed E-state index contributed by atoms with van der Waals surface area (Å²) in [7, 11) is 0. The highest BCUT2D eigenvalue weighted by atomic mass is 32.2. The molecular formula is C13H17N5O2S. The van der Waals surface area contributed by atoms with Crippen molar-refractivity contribution in [3.05, 3.63) is 24.3 Å². The van der Waals surface area contributed by atoms with Gasteiger partial charge in [-0.2, -0.15) is 4.68 Å². The summed E-state index contributed by atoms with van der Waals surface area (Å²) in [5.41, 5.74) is 0.732. The summed E-state index contributed by atoms with van der Waals surface area (Å²) in [6.45, 7) is 5.29. The van der Waals surface area contributed by atoms with Crippen LogP contribution in [0, 0.1) is 0 Å². The Balaban J connectivity index is 2.07. The Hall–Kier alpha value is -2.09. The Morgan fingerprint density at radius 2 is 1.95 bits per heavy atom. The van der Waals surface area contributed by atoms with Gasteiger partial charge in [0.25, 0.3) is 0 Å². The van der Waals surface area contributed by atoms with Gasteiger partial charge in [0.1, 0.15) is 5.75 Å². The molecule has 8 heteroatoms. The number of hydrogen-bond acceptors (Lipinski definition) is 6. The minimum absolute atomic E-state index is 0.0604. The summed E-state index contributed by atoms with van der Waals surface area (Å²) >= 11 is 1.29. The highest BCUT2D eigenvalue weighted by molar-refractivity contribution is 7.99. The molecule has 0 atom stereocenters. The zero-order valence-electron chi connectivity index (χ0n) is 11.9. The number of nitrogens with zero attached hydrogens (tertiary/aromatic N) is 5. The van der Waals surface area contributed by atoms with E-state index in [0.717, 1.165) is 5.69 Å². The van der Waals surface area contributed by atoms with Crippen molar-refractivity contribution < 1.29 is 9.90 Å². The number of tetrazole rings is 1. The average Bonchev–Trinajstić information content (AvgIpc) is 2.95. The molecule has 112 valence electrons. The number of phenolic OH excluding ortho intramolecular Hbond substituents is 1. The fourth-order valence-corrected chi connectivity index (χ4v) is 2.61. The van der Waals surface area contributed by atoms with Crippen molar-refractivity contribution in [1.29, 1.82) is 0 Å². The van der Waals surface area contributed by atoms with Crippen molar-refractivity contribution in [1.82, 2.24) is 25.1 Å². The van der Waals surface area contributed by atoms with E-state index in [-0.39, 0.29) is 11.7 Å². The van der Waals surface area contributed by atoms with Gasteiger partial charge >= 0.3 is 0 Å². The van der Waals surface area contributed by atoms with Crippen LogP contribution in [0.15, 0.2) is 29.4 Å². The highest BCUT2D eigenvalue weighted by Gasteiger charge is 2.14. The zero-order valence-corrected chi connectivity index (χ0v) is 12.7. The Kier molecular flexibility index (Phi) is 5.15. The Bertz CT molecular complexity index is 595. The number of amides is 1. The van der Waals surface area contributed by atoms with E-state index < -0.39 is 0 Å². The number of thioether (sulfide) groups is 1. The summed E-state index contributed by atoms with van der Waals surface area (Å²) in [5.74, 6) is 0.531. The van der Waals surface area contributed by atoms with Crippen LogP contribution in [0.2, 0.25) is 0 Å². The van der Waals surface area contributed by atoms with Gasteiger partial charge in [0.05, 0.1) is 11.4 Å². The number of carbonyl (C=O) groups excluding carboxylic acids is 1. The summed E-state index contributed by atoms with van der Waals surface area (Å²) in [4.78, 5) is 13.8. The maximum Gasteiger partial charge on any atom is 0.233 e. The molecule has 1 aromatic heterocycles. The summed E-state index contributed by atoms with van der Waals surface area (Å²) in [6.07, 6.45) is 0. The van der Waals surface area contributed by atoms with Crippen molar-refractivity contribution in [2.24, 2.45) is 0 Å². The number of rotatable bonds is 6. The first kappa shape index (κ1) is 15.3. The van der Waals surface area contributed by atoms with E-state index in [0.29, 0.717) is 24.0 Å². The molecule has 1 aromatic carbocycles. The van der Waals surface area contributed by atoms with Gasteiger partial charge in [-0.1, -0.05) is 11.8 Å². The van der Waals surface area contributed by atoms with Crippen LogP contribution < -0.4 is 0 Å². The maximum atomic E-state index is 12.0. The molecule has 0 aliphatic carbocycles. The molecule has 0 spiro atoms. The van der Waals surface area contributed by atoms with Gasteiger partial charge in [-0.25, -0.2) is 0 Å². The Labute approximate surface area is 127 Å². The molecule has 2 rings (SSSR count). The number of benzene rings is 1. The van der Waals surface area contributed by atoms with E-state index in [2.05, 4.69) is 15.5 Å². The number of carbonyl (C=O) groups is 1. The first-order valence-electron chi connectivity index (χ1n) is 6.64. The smallest absolute Gasteiger partial charge is 0.233 e. The highest BCUT2D eigenvalue weighted by Crippen LogP contribution is 2.20. The number of aromatic hydroxyl groups is 1. The third-order valence-corrected chi connectivity index (χ3v) is 3.88. The lowest BCUT2D eigenvalue weighted by Crippen LogP contribution is -2.31. The van der Waals surface area contributed by atoms with Crippen LogP contribution in [0.1, 0.15) is 13.8 Å². The van der Waals surface area contributed by atoms with Crippen LogP contribution in [-0.4, -0.2) is 55.0 Å². The van der Waals surface area contributed by atoms with Gasteiger partial charge in [-0.15, -0.1) is 5.10 Å². The number of phenols is 1. The summed E-state index contributed by atoms with van der Waals surface area (Å²) < 4.78 is 1.54. The minimum atomic E-state index is 0.0604. The first-order valence-corrected chi connectivity index (χ1v) is 7.62. The predicted molar refractivity (Wildman–Crippen MR) is 79.5 cm³/mol. The number of hydrogen-bond donors (Lipinski definition) is 1. The van der Waals surface area contributed by atoms with Gasteiger partial charge in [0.15, 0.2) is 0 Å². The Morgan fingerprint density at radius 3 is 2.57 bits per heavy atom. The molecule has 0 fully saturated rings. The molecule has 2 aromatic rings. The van der Waals surface area contributed by atoms with Crippen molar-refractivity contribution in [3.8, 4) is 11.4 Å². The normalized spacial score (nSPS) is 10.6. The van der Waals surface area contributed by atoms with Crippen molar-refractivity contribution in [2.45, 2.75) is 19.0 Å². The maximum absolute atomic E-state index is 12.0. The fraction of sp³-hybridized carbons (Fsp3) is 0.385. The molecule has 0 unspecified atom stereocenters. The second-order valence-corrected chi connectivity index (χ2v) is 5.19. The van der Waals surface area contributed by atoms with E-state index in [1.807, 2.05) is 13.8 Å². The molecule has 1 amide bonds. The van der Waals surface area contributed by atoms with Crippen LogP contribution in [0.4, 0.5) is 0 Å². The van der Waals surface area contributed by atoms with E-state index in [9.17, 15) is 9.90 Å². The molecule has 21 heavy (non-hydrogen) atoms. The van der Waals surface area contributed by atoms with Crippen molar-refractivity contribution in [2.75, 3.05) is 18.8 Å². The monoisotopic (exact) mass is 307 g/mol. The van der Waals surface area contributed by atoms with E-state index in [1.165, 1.54) is 11.8 Å². The van der Waals surface area contributed by atoms with Crippen LogP contribution in [0.25, 0.3) is 5.69 Å². The molecule has 0 aliphatic heterocycles. The number of aromatic nitrogens is 4. The van der Waals surface area contributed by atoms with E-state index >= 15 is 0 Å².